The molecule has 162 valence electrons. The summed E-state index contributed by atoms with van der Waals surface area (Å²) in [6.07, 6.45) is 0.712. The van der Waals surface area contributed by atoms with E-state index >= 15 is 0 Å². The van der Waals surface area contributed by atoms with Gasteiger partial charge in [-0.15, -0.1) is 0 Å². The first-order chi connectivity index (χ1) is 15.5. The number of carbonyl (C=O) groups excluding carboxylic acids is 3. The van der Waals surface area contributed by atoms with E-state index in [-0.39, 0.29) is 30.3 Å². The summed E-state index contributed by atoms with van der Waals surface area (Å²) in [5.74, 6) is -0.0593. The van der Waals surface area contributed by atoms with Gasteiger partial charge < -0.3 is 10.1 Å². The lowest BCUT2D eigenvalue weighted by Crippen LogP contribution is -2.29. The first-order valence-electron chi connectivity index (χ1n) is 10.5. The minimum atomic E-state index is -0.296. The van der Waals surface area contributed by atoms with Gasteiger partial charge in [0.25, 0.3) is 17.7 Å². The fourth-order valence-corrected chi connectivity index (χ4v) is 3.92. The van der Waals surface area contributed by atoms with E-state index in [1.54, 1.807) is 55.6 Å². The van der Waals surface area contributed by atoms with Gasteiger partial charge in [0.1, 0.15) is 5.75 Å². The summed E-state index contributed by atoms with van der Waals surface area (Å²) >= 11 is 0. The molecule has 1 atom stereocenters. The van der Waals surface area contributed by atoms with Crippen LogP contribution in [-0.2, 0) is 6.54 Å². The van der Waals surface area contributed by atoms with Crippen LogP contribution in [0.3, 0.4) is 0 Å². The Labute approximate surface area is 186 Å². The van der Waals surface area contributed by atoms with Crippen LogP contribution in [0.4, 0.5) is 0 Å². The Bertz CT molecular complexity index is 1140. The summed E-state index contributed by atoms with van der Waals surface area (Å²) in [6, 6.07) is 21.2. The maximum atomic E-state index is 12.8. The Kier molecular flexibility index (Phi) is 6.03. The number of ether oxygens (including phenoxy) is 1. The molecule has 1 N–H and O–H groups in total. The highest BCUT2D eigenvalue weighted by Crippen LogP contribution is 2.27. The van der Waals surface area contributed by atoms with Crippen LogP contribution in [0.5, 0.6) is 5.75 Å². The zero-order chi connectivity index (χ0) is 22.7. The van der Waals surface area contributed by atoms with Gasteiger partial charge in [0.05, 0.1) is 30.8 Å². The predicted octanol–water partition coefficient (Wildman–Crippen LogP) is 4.37. The van der Waals surface area contributed by atoms with Gasteiger partial charge in [0.2, 0.25) is 0 Å². The maximum absolute atomic E-state index is 12.8. The van der Waals surface area contributed by atoms with E-state index in [0.717, 1.165) is 16.9 Å². The van der Waals surface area contributed by atoms with Crippen LogP contribution in [0.15, 0.2) is 72.8 Å². The number of hydrogen-bond donors (Lipinski definition) is 1. The number of nitrogens with zero attached hydrogens (tertiary/aromatic N) is 1. The maximum Gasteiger partial charge on any atom is 0.261 e. The summed E-state index contributed by atoms with van der Waals surface area (Å²) in [5, 5.41) is 3.05. The van der Waals surface area contributed by atoms with Crippen LogP contribution in [0.2, 0.25) is 0 Å². The minimum Gasteiger partial charge on any atom is -0.496 e. The van der Waals surface area contributed by atoms with E-state index in [1.807, 2.05) is 31.2 Å². The van der Waals surface area contributed by atoms with Gasteiger partial charge in [-0.2, -0.15) is 0 Å². The Hall–Kier alpha value is -3.93. The molecule has 0 fully saturated rings. The zero-order valence-electron chi connectivity index (χ0n) is 18.0. The second kappa shape index (κ2) is 9.06. The lowest BCUT2D eigenvalue weighted by molar-refractivity contribution is 0.0641. The number of fused-ring (bicyclic) bond motifs is 1. The summed E-state index contributed by atoms with van der Waals surface area (Å²) in [7, 11) is 1.61. The molecule has 32 heavy (non-hydrogen) atoms. The molecule has 1 unspecified atom stereocenters. The molecule has 0 radical (unpaired) electrons. The van der Waals surface area contributed by atoms with Crippen molar-refractivity contribution in [1.29, 1.82) is 0 Å². The third-order valence-corrected chi connectivity index (χ3v) is 5.66. The molecular formula is C26H24N2O4. The highest BCUT2D eigenvalue weighted by atomic mass is 16.5. The van der Waals surface area contributed by atoms with E-state index in [4.69, 9.17) is 4.74 Å². The molecule has 1 aliphatic rings. The van der Waals surface area contributed by atoms with Gasteiger partial charge in [0, 0.05) is 11.1 Å². The molecule has 6 nitrogen and oxygen atoms in total. The summed E-state index contributed by atoms with van der Waals surface area (Å²) in [4.78, 5) is 39.2. The molecule has 3 amide bonds. The topological polar surface area (TPSA) is 75.7 Å². The van der Waals surface area contributed by atoms with Crippen molar-refractivity contribution in [3.8, 4) is 5.75 Å². The molecule has 3 aromatic carbocycles. The quantitative estimate of drug-likeness (QED) is 0.567. The predicted molar refractivity (Wildman–Crippen MR) is 121 cm³/mol. The van der Waals surface area contributed by atoms with Gasteiger partial charge in [-0.25, -0.2) is 0 Å². The number of hydrogen-bond acceptors (Lipinski definition) is 4. The first-order valence-corrected chi connectivity index (χ1v) is 10.5. The largest absolute Gasteiger partial charge is 0.496 e. The second-order valence-corrected chi connectivity index (χ2v) is 7.62. The average Bonchev–Trinajstić information content (AvgIpc) is 3.08. The molecule has 6 heteroatoms. The van der Waals surface area contributed by atoms with Crippen LogP contribution in [0.1, 0.15) is 61.6 Å². The highest BCUT2D eigenvalue weighted by molar-refractivity contribution is 6.21. The third kappa shape index (κ3) is 3.99. The fraction of sp³-hybridized carbons (Fsp3) is 0.192. The van der Waals surface area contributed by atoms with Crippen LogP contribution in [0.25, 0.3) is 0 Å². The number of methoxy groups -OCH3 is 1. The molecule has 0 aliphatic carbocycles. The fourth-order valence-electron chi connectivity index (χ4n) is 3.92. The lowest BCUT2D eigenvalue weighted by Gasteiger charge is -2.20. The molecule has 0 aromatic heterocycles. The van der Waals surface area contributed by atoms with E-state index < -0.39 is 0 Å². The molecule has 1 aliphatic heterocycles. The number of carbonyl (C=O) groups is 3. The number of para-hydroxylation sites is 1. The van der Waals surface area contributed by atoms with Crippen LogP contribution in [0, 0.1) is 0 Å². The Balaban J connectivity index is 1.45. The summed E-state index contributed by atoms with van der Waals surface area (Å²) in [5.41, 5.74) is 3.05. The first kappa shape index (κ1) is 21.3. The summed E-state index contributed by atoms with van der Waals surface area (Å²) in [6.45, 7) is 2.16. The molecular weight excluding hydrogens is 404 g/mol. The molecule has 3 aromatic rings. The van der Waals surface area contributed by atoms with Crippen LogP contribution >= 0.6 is 0 Å². The molecule has 0 bridgehead atoms. The number of nitrogens with one attached hydrogen (secondary N) is 1. The Morgan fingerprint density at radius 1 is 0.906 bits per heavy atom. The van der Waals surface area contributed by atoms with Crippen LogP contribution < -0.4 is 10.1 Å². The van der Waals surface area contributed by atoms with Gasteiger partial charge in [-0.1, -0.05) is 49.4 Å². The Morgan fingerprint density at radius 3 is 2.09 bits per heavy atom. The van der Waals surface area contributed by atoms with Gasteiger partial charge in [-0.05, 0) is 42.3 Å². The van der Waals surface area contributed by atoms with E-state index in [2.05, 4.69) is 5.32 Å². The molecule has 0 saturated carbocycles. The van der Waals surface area contributed by atoms with Crippen LogP contribution in [-0.4, -0.2) is 29.7 Å². The summed E-state index contributed by atoms with van der Waals surface area (Å²) < 4.78 is 5.42. The lowest BCUT2D eigenvalue weighted by atomic mass is 10.0. The van der Waals surface area contributed by atoms with Gasteiger partial charge in [-0.3, -0.25) is 19.3 Å². The second-order valence-electron chi connectivity index (χ2n) is 7.62. The number of amides is 3. The van der Waals surface area contributed by atoms with Gasteiger partial charge >= 0.3 is 0 Å². The highest BCUT2D eigenvalue weighted by Gasteiger charge is 2.34. The van der Waals surface area contributed by atoms with Crippen molar-refractivity contribution < 1.29 is 19.1 Å². The van der Waals surface area contributed by atoms with Crippen molar-refractivity contribution in [3.63, 3.8) is 0 Å². The van der Waals surface area contributed by atoms with Crippen molar-refractivity contribution in [2.24, 2.45) is 0 Å². The number of imide groups is 1. The zero-order valence-corrected chi connectivity index (χ0v) is 18.0. The SMILES string of the molecule is CCC(NC(=O)c1ccc(CN2C(=O)c3ccccc3C2=O)cc1)c1ccccc1OC. The number of benzene rings is 3. The molecule has 0 saturated heterocycles. The molecule has 1 heterocycles. The Morgan fingerprint density at radius 2 is 1.50 bits per heavy atom. The normalized spacial score (nSPS) is 13.6. The standard InChI is InChI=1S/C26H24N2O4/c1-3-22(21-10-6-7-11-23(21)32-2)27-24(29)18-14-12-17(13-15-18)16-28-25(30)19-8-4-5-9-20(19)26(28)31/h4-15,22H,3,16H2,1-2H3,(H,27,29). The monoisotopic (exact) mass is 428 g/mol. The third-order valence-electron chi connectivity index (χ3n) is 5.66. The van der Waals surface area contributed by atoms with E-state index in [9.17, 15) is 14.4 Å². The van der Waals surface area contributed by atoms with Crippen molar-refractivity contribution in [1.82, 2.24) is 10.2 Å². The van der Waals surface area contributed by atoms with Crippen molar-refractivity contribution in [2.45, 2.75) is 25.9 Å². The smallest absolute Gasteiger partial charge is 0.261 e. The number of rotatable bonds is 7. The average molecular weight is 428 g/mol. The molecule has 0 spiro atoms. The van der Waals surface area contributed by atoms with Crippen molar-refractivity contribution in [2.75, 3.05) is 7.11 Å². The minimum absolute atomic E-state index is 0.160. The molecule has 4 rings (SSSR count). The van der Waals surface area contributed by atoms with Crippen molar-refractivity contribution >= 4 is 17.7 Å². The van der Waals surface area contributed by atoms with E-state index in [1.165, 1.54) is 4.90 Å². The van der Waals surface area contributed by atoms with Gasteiger partial charge in [0.15, 0.2) is 0 Å². The van der Waals surface area contributed by atoms with Crippen molar-refractivity contribution in [3.05, 3.63) is 101 Å². The van der Waals surface area contributed by atoms with E-state index in [0.29, 0.717) is 23.1 Å².